The number of ether oxygens (including phenoxy) is 1. The quantitative estimate of drug-likeness (QED) is 0.589. The van der Waals surface area contributed by atoms with Gasteiger partial charge in [-0.2, -0.15) is 23.3 Å². The van der Waals surface area contributed by atoms with Gasteiger partial charge >= 0.3 is 6.18 Å². The lowest BCUT2D eigenvalue weighted by molar-refractivity contribution is -0.137. The van der Waals surface area contributed by atoms with Crippen molar-refractivity contribution in [3.05, 3.63) is 64.3 Å². The standard InChI is InChI=1S/C22H19ClF3N3O2/c1-12-7-9-16(22(24,25)26)20(27-12)29-21(30)15-6-4-3-5-14(15)19(28-29)13-8-10-18(31-2)17(23)11-13/h3-4,7-11,14-15H,5-6H2,1-2H3. The third-order valence-electron chi connectivity index (χ3n) is 5.49. The van der Waals surface area contributed by atoms with Crippen LogP contribution < -0.4 is 9.75 Å². The lowest BCUT2D eigenvalue weighted by Gasteiger charge is -2.37. The van der Waals surface area contributed by atoms with Crippen LogP contribution in [0.1, 0.15) is 29.7 Å². The van der Waals surface area contributed by atoms with Gasteiger partial charge in [0.05, 0.1) is 23.8 Å². The number of aromatic nitrogens is 1. The molecule has 1 amide bonds. The van der Waals surface area contributed by atoms with Gasteiger partial charge in [0, 0.05) is 11.6 Å². The first kappa shape index (κ1) is 21.4. The van der Waals surface area contributed by atoms with Crippen molar-refractivity contribution >= 4 is 29.0 Å². The van der Waals surface area contributed by atoms with Gasteiger partial charge in [0.15, 0.2) is 5.82 Å². The number of alkyl halides is 3. The number of fused-ring (bicyclic) bond motifs is 1. The Morgan fingerprint density at radius 3 is 2.48 bits per heavy atom. The number of halogens is 4. The fraction of sp³-hybridized carbons (Fsp3) is 0.318. The van der Waals surface area contributed by atoms with Crippen molar-refractivity contribution in [2.24, 2.45) is 16.9 Å². The molecule has 0 radical (unpaired) electrons. The minimum absolute atomic E-state index is 0.266. The number of pyridine rings is 1. The van der Waals surface area contributed by atoms with E-state index < -0.39 is 29.4 Å². The second-order valence-corrected chi connectivity index (χ2v) is 7.87. The van der Waals surface area contributed by atoms with Crippen molar-refractivity contribution in [1.29, 1.82) is 0 Å². The Hall–Kier alpha value is -2.87. The molecule has 0 saturated heterocycles. The van der Waals surface area contributed by atoms with Gasteiger partial charge < -0.3 is 4.74 Å². The van der Waals surface area contributed by atoms with Crippen molar-refractivity contribution in [2.75, 3.05) is 12.1 Å². The van der Waals surface area contributed by atoms with Crippen LogP contribution in [0.15, 0.2) is 47.6 Å². The predicted octanol–water partition coefficient (Wildman–Crippen LogP) is 5.40. The largest absolute Gasteiger partial charge is 0.495 e. The average Bonchev–Trinajstić information content (AvgIpc) is 2.73. The van der Waals surface area contributed by atoms with E-state index in [2.05, 4.69) is 10.1 Å². The first-order chi connectivity index (χ1) is 14.7. The highest BCUT2D eigenvalue weighted by Gasteiger charge is 2.44. The van der Waals surface area contributed by atoms with E-state index in [1.807, 2.05) is 12.2 Å². The number of methoxy groups -OCH3 is 1. The van der Waals surface area contributed by atoms with Gasteiger partial charge in [-0.25, -0.2) is 4.98 Å². The predicted molar refractivity (Wildman–Crippen MR) is 111 cm³/mol. The van der Waals surface area contributed by atoms with Crippen LogP contribution in [0.25, 0.3) is 0 Å². The monoisotopic (exact) mass is 449 g/mol. The van der Waals surface area contributed by atoms with E-state index in [1.54, 1.807) is 25.1 Å². The maximum absolute atomic E-state index is 13.7. The molecule has 9 heteroatoms. The Morgan fingerprint density at radius 2 is 1.84 bits per heavy atom. The Labute approximate surface area is 182 Å². The highest BCUT2D eigenvalue weighted by atomic mass is 35.5. The molecular weight excluding hydrogens is 431 g/mol. The van der Waals surface area contributed by atoms with E-state index in [-0.39, 0.29) is 5.92 Å². The van der Waals surface area contributed by atoms with Gasteiger partial charge in [0.25, 0.3) is 5.91 Å². The number of nitrogens with zero attached hydrogens (tertiary/aromatic N) is 3. The molecule has 31 heavy (non-hydrogen) atoms. The van der Waals surface area contributed by atoms with Crippen LogP contribution in [-0.4, -0.2) is 23.7 Å². The lowest BCUT2D eigenvalue weighted by Crippen LogP contribution is -2.46. The summed E-state index contributed by atoms with van der Waals surface area (Å²) in [5.74, 6) is -1.35. The minimum atomic E-state index is -4.68. The van der Waals surface area contributed by atoms with E-state index >= 15 is 0 Å². The number of benzene rings is 1. The van der Waals surface area contributed by atoms with E-state index in [9.17, 15) is 18.0 Å². The highest BCUT2D eigenvalue weighted by molar-refractivity contribution is 6.32. The summed E-state index contributed by atoms with van der Waals surface area (Å²) < 4.78 is 46.2. The number of aryl methyl sites for hydroxylation is 1. The number of hydrogen-bond donors (Lipinski definition) is 0. The first-order valence-electron chi connectivity index (χ1n) is 9.67. The van der Waals surface area contributed by atoms with Crippen molar-refractivity contribution in [3.8, 4) is 5.75 Å². The molecule has 0 N–H and O–H groups in total. The molecule has 162 valence electrons. The molecule has 2 unspecified atom stereocenters. The van der Waals surface area contributed by atoms with E-state index in [1.165, 1.54) is 13.2 Å². The molecule has 4 rings (SSSR count). The van der Waals surface area contributed by atoms with Crippen LogP contribution in [0.2, 0.25) is 5.02 Å². The zero-order valence-corrected chi connectivity index (χ0v) is 17.5. The second kappa shape index (κ2) is 8.00. The molecule has 2 atom stereocenters. The minimum Gasteiger partial charge on any atom is -0.495 e. The number of rotatable bonds is 3. The highest BCUT2D eigenvalue weighted by Crippen LogP contribution is 2.41. The van der Waals surface area contributed by atoms with Gasteiger partial charge in [-0.1, -0.05) is 23.8 Å². The number of allylic oxidation sites excluding steroid dienone is 2. The molecule has 5 nitrogen and oxygen atoms in total. The first-order valence-corrected chi connectivity index (χ1v) is 10.0. The summed E-state index contributed by atoms with van der Waals surface area (Å²) in [7, 11) is 1.49. The number of anilines is 1. The van der Waals surface area contributed by atoms with Crippen molar-refractivity contribution in [3.63, 3.8) is 0 Å². The summed E-state index contributed by atoms with van der Waals surface area (Å²) in [6, 6.07) is 7.25. The van der Waals surface area contributed by atoms with Crippen LogP contribution >= 0.6 is 11.6 Å². The molecule has 1 aromatic heterocycles. The zero-order valence-electron chi connectivity index (χ0n) is 16.8. The molecule has 1 aliphatic carbocycles. The van der Waals surface area contributed by atoms with Crippen molar-refractivity contribution in [2.45, 2.75) is 25.9 Å². The van der Waals surface area contributed by atoms with Gasteiger partial charge in [0.2, 0.25) is 0 Å². The van der Waals surface area contributed by atoms with Gasteiger partial charge in [-0.05, 0) is 55.7 Å². The third-order valence-corrected chi connectivity index (χ3v) is 5.78. The van der Waals surface area contributed by atoms with Crippen LogP contribution in [0.3, 0.4) is 0 Å². The van der Waals surface area contributed by atoms with Crippen LogP contribution in [0.5, 0.6) is 5.75 Å². The van der Waals surface area contributed by atoms with Gasteiger partial charge in [-0.3, -0.25) is 4.79 Å². The SMILES string of the molecule is COc1ccc(C2=NN(c3nc(C)ccc3C(F)(F)F)C(=O)C3CC=CCC23)cc1Cl. The summed E-state index contributed by atoms with van der Waals surface area (Å²) >= 11 is 6.28. The Bertz CT molecular complexity index is 1100. The van der Waals surface area contributed by atoms with Crippen molar-refractivity contribution < 1.29 is 22.7 Å². The van der Waals surface area contributed by atoms with Gasteiger partial charge in [-0.15, -0.1) is 0 Å². The Kier molecular flexibility index (Phi) is 5.51. The smallest absolute Gasteiger partial charge is 0.420 e. The van der Waals surface area contributed by atoms with E-state index in [0.717, 1.165) is 11.1 Å². The van der Waals surface area contributed by atoms with Crippen molar-refractivity contribution in [1.82, 2.24) is 4.98 Å². The summed E-state index contributed by atoms with van der Waals surface area (Å²) in [6.45, 7) is 1.57. The maximum atomic E-state index is 13.7. The average molecular weight is 450 g/mol. The summed E-state index contributed by atoms with van der Waals surface area (Å²) in [5.41, 5.74) is 0.461. The number of carbonyl (C=O) groups is 1. The lowest BCUT2D eigenvalue weighted by atomic mass is 9.76. The fourth-order valence-electron chi connectivity index (χ4n) is 3.95. The van der Waals surface area contributed by atoms with E-state index in [4.69, 9.17) is 16.3 Å². The number of hydrazone groups is 1. The molecule has 0 spiro atoms. The van der Waals surface area contributed by atoms with Crippen LogP contribution in [-0.2, 0) is 11.0 Å². The fourth-order valence-corrected chi connectivity index (χ4v) is 4.21. The molecule has 0 bridgehead atoms. The Morgan fingerprint density at radius 1 is 1.13 bits per heavy atom. The maximum Gasteiger partial charge on any atom is 0.420 e. The second-order valence-electron chi connectivity index (χ2n) is 7.46. The molecule has 2 heterocycles. The van der Waals surface area contributed by atoms with E-state index in [0.29, 0.717) is 40.6 Å². The number of carbonyl (C=O) groups excluding carboxylic acids is 1. The zero-order chi connectivity index (χ0) is 22.3. The van der Waals surface area contributed by atoms with Gasteiger partial charge in [0.1, 0.15) is 11.3 Å². The summed E-state index contributed by atoms with van der Waals surface area (Å²) in [5, 5.41) is 5.56. The van der Waals surface area contributed by atoms with Crippen LogP contribution in [0.4, 0.5) is 19.0 Å². The number of amides is 1. The molecule has 1 aliphatic heterocycles. The molecule has 2 aliphatic rings. The van der Waals surface area contributed by atoms with Crippen LogP contribution in [0, 0.1) is 18.8 Å². The molecular formula is C22H19ClF3N3O2. The summed E-state index contributed by atoms with van der Waals surface area (Å²) in [4.78, 5) is 17.3. The Balaban J connectivity index is 1.90. The number of hydrogen-bond acceptors (Lipinski definition) is 4. The molecule has 2 aromatic rings. The topological polar surface area (TPSA) is 54.8 Å². The normalized spacial score (nSPS) is 21.0. The molecule has 0 saturated carbocycles. The summed E-state index contributed by atoms with van der Waals surface area (Å²) in [6.07, 6.45) is 0.112. The third kappa shape index (κ3) is 3.92. The molecule has 1 aromatic carbocycles. The molecule has 0 fully saturated rings.